The summed E-state index contributed by atoms with van der Waals surface area (Å²) in [5, 5.41) is 5.96. The van der Waals surface area contributed by atoms with Crippen molar-refractivity contribution in [3.05, 3.63) is 35.4 Å². The fraction of sp³-hybridized carbons (Fsp3) is 0.571. The van der Waals surface area contributed by atoms with Crippen LogP contribution >= 0.6 is 0 Å². The topological polar surface area (TPSA) is 111 Å². The molecule has 170 valence electrons. The predicted molar refractivity (Wildman–Crippen MR) is 120 cm³/mol. The Bertz CT molecular complexity index is 956. The summed E-state index contributed by atoms with van der Waals surface area (Å²) in [4.78, 5) is 32.3. The molecule has 1 aromatic rings. The number of carbonyl (C=O) groups excluding carboxylic acids is 2. The van der Waals surface area contributed by atoms with Crippen LogP contribution in [0.1, 0.15) is 36.7 Å². The van der Waals surface area contributed by atoms with Gasteiger partial charge in [-0.3, -0.25) is 9.59 Å². The molecule has 0 spiro atoms. The Kier molecular flexibility index (Phi) is 6.88. The maximum atomic E-state index is 12.6. The van der Waals surface area contributed by atoms with Crippen molar-refractivity contribution < 1.29 is 18.0 Å². The van der Waals surface area contributed by atoms with Gasteiger partial charge in [-0.05, 0) is 38.5 Å². The van der Waals surface area contributed by atoms with E-state index in [4.69, 9.17) is 0 Å². The van der Waals surface area contributed by atoms with Crippen molar-refractivity contribution in [3.63, 3.8) is 0 Å². The first-order chi connectivity index (χ1) is 14.6. The Morgan fingerprint density at radius 2 is 1.90 bits per heavy atom. The largest absolute Gasteiger partial charge is 0.357 e. The highest BCUT2D eigenvalue weighted by molar-refractivity contribution is 7.92. The van der Waals surface area contributed by atoms with Crippen molar-refractivity contribution >= 4 is 27.6 Å². The summed E-state index contributed by atoms with van der Waals surface area (Å²) in [5.74, 6) is 0.491. The van der Waals surface area contributed by atoms with Crippen LogP contribution in [0.3, 0.4) is 0 Å². The van der Waals surface area contributed by atoms with Gasteiger partial charge >= 0.3 is 0 Å². The third kappa shape index (κ3) is 5.36. The Hall–Kier alpha value is -2.62. The molecule has 2 N–H and O–H groups in total. The predicted octanol–water partition coefficient (Wildman–Crippen LogP) is 0.233. The maximum absolute atomic E-state index is 12.6. The van der Waals surface area contributed by atoms with Crippen LogP contribution < -0.4 is 10.6 Å². The molecular formula is C21H31N5O4S. The highest BCUT2D eigenvalue weighted by atomic mass is 32.2. The van der Waals surface area contributed by atoms with E-state index in [1.165, 1.54) is 0 Å². The molecule has 1 aromatic carbocycles. The zero-order valence-electron chi connectivity index (χ0n) is 18.3. The lowest BCUT2D eigenvalue weighted by Crippen LogP contribution is -2.57. The number of hydrogen-bond donors (Lipinski definition) is 2. The van der Waals surface area contributed by atoms with Gasteiger partial charge in [0.25, 0.3) is 5.91 Å². The molecular weight excluding hydrogens is 418 g/mol. The van der Waals surface area contributed by atoms with E-state index in [1.54, 1.807) is 30.9 Å². The number of rotatable bonds is 4. The molecule has 2 fully saturated rings. The van der Waals surface area contributed by atoms with Gasteiger partial charge in [-0.15, -0.1) is 0 Å². The van der Waals surface area contributed by atoms with Crippen molar-refractivity contribution in [1.29, 1.82) is 0 Å². The van der Waals surface area contributed by atoms with Crippen molar-refractivity contribution in [2.45, 2.75) is 32.1 Å². The standard InChI is InChI=1S/C21H31N5O4S/c1-4-22-20(26-11-12-31(29,30)21(2,3)15-26)24-13-16-5-7-17(8-6-16)19(28)25-10-9-23-18(27)14-25/h5-8H,4,9-15H2,1-3H3,(H,22,24)(H,23,27). The fourth-order valence-corrected chi connectivity index (χ4v) is 5.03. The van der Waals surface area contributed by atoms with E-state index in [9.17, 15) is 18.0 Å². The zero-order valence-corrected chi connectivity index (χ0v) is 19.2. The normalized spacial score (nSPS) is 20.9. The number of sulfone groups is 1. The quantitative estimate of drug-likeness (QED) is 0.503. The van der Waals surface area contributed by atoms with E-state index in [0.29, 0.717) is 50.8 Å². The van der Waals surface area contributed by atoms with E-state index in [-0.39, 0.29) is 24.1 Å². The monoisotopic (exact) mass is 449 g/mol. The highest BCUT2D eigenvalue weighted by Crippen LogP contribution is 2.23. The summed E-state index contributed by atoms with van der Waals surface area (Å²) < 4.78 is 23.8. The first-order valence-corrected chi connectivity index (χ1v) is 12.2. The number of carbonyl (C=O) groups is 2. The van der Waals surface area contributed by atoms with E-state index in [2.05, 4.69) is 15.6 Å². The van der Waals surface area contributed by atoms with Gasteiger partial charge in [0.15, 0.2) is 15.8 Å². The molecule has 2 saturated heterocycles. The number of nitrogens with zero attached hydrogens (tertiary/aromatic N) is 3. The van der Waals surface area contributed by atoms with Crippen LogP contribution in [0.15, 0.2) is 29.3 Å². The Morgan fingerprint density at radius 1 is 1.19 bits per heavy atom. The molecule has 31 heavy (non-hydrogen) atoms. The molecule has 0 saturated carbocycles. The second-order valence-electron chi connectivity index (χ2n) is 8.44. The van der Waals surface area contributed by atoms with E-state index >= 15 is 0 Å². The Labute approximate surface area is 183 Å². The highest BCUT2D eigenvalue weighted by Gasteiger charge is 2.40. The minimum atomic E-state index is -3.12. The summed E-state index contributed by atoms with van der Waals surface area (Å²) in [7, 11) is -3.12. The molecule has 0 unspecified atom stereocenters. The number of guanidine groups is 1. The molecule has 0 bridgehead atoms. The van der Waals surface area contributed by atoms with Crippen LogP contribution in [0.2, 0.25) is 0 Å². The van der Waals surface area contributed by atoms with E-state index < -0.39 is 14.6 Å². The summed E-state index contributed by atoms with van der Waals surface area (Å²) in [6.07, 6.45) is 0. The number of aliphatic imine (C=N–C) groups is 1. The fourth-order valence-electron chi connectivity index (χ4n) is 3.66. The molecule has 3 rings (SSSR count). The molecule has 0 atom stereocenters. The molecule has 0 aromatic heterocycles. The van der Waals surface area contributed by atoms with E-state index in [1.807, 2.05) is 24.0 Å². The molecule has 2 amide bonds. The third-order valence-electron chi connectivity index (χ3n) is 5.62. The minimum absolute atomic E-state index is 0.0822. The number of nitrogens with one attached hydrogen (secondary N) is 2. The number of benzene rings is 1. The van der Waals surface area contributed by atoms with Gasteiger partial charge in [-0.2, -0.15) is 0 Å². The second kappa shape index (κ2) is 9.25. The van der Waals surface area contributed by atoms with Gasteiger partial charge in [-0.1, -0.05) is 12.1 Å². The number of piperazine rings is 1. The van der Waals surface area contributed by atoms with Crippen molar-refractivity contribution in [1.82, 2.24) is 20.4 Å². The van der Waals surface area contributed by atoms with Crippen molar-refractivity contribution in [3.8, 4) is 0 Å². The molecule has 10 heteroatoms. The summed E-state index contributed by atoms with van der Waals surface area (Å²) in [6, 6.07) is 7.22. The van der Waals surface area contributed by atoms with Gasteiger partial charge in [0.1, 0.15) is 0 Å². The van der Waals surface area contributed by atoms with Crippen molar-refractivity contribution in [2.24, 2.45) is 4.99 Å². The molecule has 0 radical (unpaired) electrons. The van der Waals surface area contributed by atoms with Crippen LogP contribution in [0.5, 0.6) is 0 Å². The molecule has 2 heterocycles. The first kappa shape index (κ1) is 23.1. The van der Waals surface area contributed by atoms with Gasteiger partial charge in [0.2, 0.25) is 5.91 Å². The maximum Gasteiger partial charge on any atom is 0.254 e. The number of amides is 2. The molecule has 0 aliphatic carbocycles. The average Bonchev–Trinajstić information content (AvgIpc) is 2.73. The van der Waals surface area contributed by atoms with Gasteiger partial charge in [0, 0.05) is 38.3 Å². The summed E-state index contributed by atoms with van der Waals surface area (Å²) in [6.45, 7) is 8.42. The van der Waals surface area contributed by atoms with Crippen LogP contribution in [-0.2, 0) is 21.2 Å². The molecule has 2 aliphatic rings. The first-order valence-electron chi connectivity index (χ1n) is 10.5. The lowest BCUT2D eigenvalue weighted by atomic mass is 10.1. The van der Waals surface area contributed by atoms with Gasteiger partial charge < -0.3 is 20.4 Å². The zero-order chi connectivity index (χ0) is 22.6. The van der Waals surface area contributed by atoms with Crippen LogP contribution in [0, 0.1) is 0 Å². The lowest BCUT2D eigenvalue weighted by Gasteiger charge is -2.39. The molecule has 2 aliphatic heterocycles. The second-order valence-corrected chi connectivity index (χ2v) is 11.2. The van der Waals surface area contributed by atoms with Crippen LogP contribution in [0.4, 0.5) is 0 Å². The summed E-state index contributed by atoms with van der Waals surface area (Å²) >= 11 is 0. The van der Waals surface area contributed by atoms with Crippen LogP contribution in [0.25, 0.3) is 0 Å². The average molecular weight is 450 g/mol. The van der Waals surface area contributed by atoms with Crippen LogP contribution in [-0.4, -0.2) is 85.8 Å². The van der Waals surface area contributed by atoms with Gasteiger partial charge in [-0.25, -0.2) is 13.4 Å². The SMILES string of the molecule is CCNC(=NCc1ccc(C(=O)N2CCNC(=O)C2)cc1)N1CCS(=O)(=O)C(C)(C)C1. The smallest absolute Gasteiger partial charge is 0.254 e. The molecule has 9 nitrogen and oxygen atoms in total. The Morgan fingerprint density at radius 3 is 2.52 bits per heavy atom. The lowest BCUT2D eigenvalue weighted by molar-refractivity contribution is -0.123. The minimum Gasteiger partial charge on any atom is -0.357 e. The third-order valence-corrected chi connectivity index (χ3v) is 8.15. The van der Waals surface area contributed by atoms with E-state index in [0.717, 1.165) is 5.56 Å². The number of hydrogen-bond acceptors (Lipinski definition) is 5. The summed E-state index contributed by atoms with van der Waals surface area (Å²) in [5.41, 5.74) is 1.48. The van der Waals surface area contributed by atoms with Crippen molar-refractivity contribution in [2.75, 3.05) is 45.0 Å². The Balaban J connectivity index is 1.67. The van der Waals surface area contributed by atoms with Gasteiger partial charge in [0.05, 0.1) is 23.6 Å².